The number of rotatable bonds is 4. The third kappa shape index (κ3) is 3.64. The van der Waals surface area contributed by atoms with E-state index in [-0.39, 0.29) is 30.3 Å². The zero-order chi connectivity index (χ0) is 17.3. The van der Waals surface area contributed by atoms with Crippen LogP contribution in [0.25, 0.3) is 0 Å². The molecule has 0 radical (unpaired) electrons. The van der Waals surface area contributed by atoms with Gasteiger partial charge >= 0.3 is 0 Å². The summed E-state index contributed by atoms with van der Waals surface area (Å²) in [6.07, 6.45) is 2.49. The molecule has 2 unspecified atom stereocenters. The second-order valence-electron chi connectivity index (χ2n) is 6.69. The van der Waals surface area contributed by atoms with Crippen LogP contribution in [-0.4, -0.2) is 49.6 Å². The number of aryl methyl sites for hydroxylation is 1. The number of nitrogens with zero attached hydrogens (tertiary/aromatic N) is 2. The fourth-order valence-corrected chi connectivity index (χ4v) is 3.66. The molecule has 2 saturated heterocycles. The van der Waals surface area contributed by atoms with Gasteiger partial charge in [0.1, 0.15) is 0 Å². The first-order valence-electron chi connectivity index (χ1n) is 8.39. The minimum atomic E-state index is -0.271. The van der Waals surface area contributed by atoms with Gasteiger partial charge in [0.25, 0.3) is 0 Å². The molecule has 2 atom stereocenters. The van der Waals surface area contributed by atoms with Crippen LogP contribution in [0.15, 0.2) is 22.7 Å². The van der Waals surface area contributed by atoms with Crippen LogP contribution >= 0.6 is 15.9 Å². The minimum Gasteiger partial charge on any atom is -0.376 e. The molecule has 2 heterocycles. The summed E-state index contributed by atoms with van der Waals surface area (Å²) in [5, 5.41) is 0. The first kappa shape index (κ1) is 17.4. The molecule has 0 saturated carbocycles. The molecule has 0 aliphatic carbocycles. The monoisotopic (exact) mass is 394 g/mol. The Labute approximate surface area is 151 Å². The van der Waals surface area contributed by atoms with Crippen molar-refractivity contribution in [3.63, 3.8) is 0 Å². The largest absolute Gasteiger partial charge is 0.376 e. The molecule has 3 rings (SSSR count). The second kappa shape index (κ2) is 7.23. The molecule has 6 heteroatoms. The van der Waals surface area contributed by atoms with Crippen LogP contribution in [0.3, 0.4) is 0 Å². The van der Waals surface area contributed by atoms with Crippen LogP contribution in [0.5, 0.6) is 0 Å². The number of amides is 2. The predicted octanol–water partition coefficient (Wildman–Crippen LogP) is 2.75. The molecule has 130 valence electrons. The first-order valence-corrected chi connectivity index (χ1v) is 9.18. The Morgan fingerprint density at radius 3 is 2.92 bits per heavy atom. The summed E-state index contributed by atoms with van der Waals surface area (Å²) >= 11 is 3.47. The summed E-state index contributed by atoms with van der Waals surface area (Å²) in [4.78, 5) is 28.5. The maximum atomic E-state index is 12.7. The van der Waals surface area contributed by atoms with E-state index in [9.17, 15) is 9.59 Å². The lowest BCUT2D eigenvalue weighted by atomic mass is 10.1. The van der Waals surface area contributed by atoms with E-state index >= 15 is 0 Å². The highest BCUT2D eigenvalue weighted by atomic mass is 79.9. The number of likely N-dealkylation sites (N-methyl/N-ethyl adjacent to an activating group) is 1. The summed E-state index contributed by atoms with van der Waals surface area (Å²) in [5.41, 5.74) is 1.93. The van der Waals surface area contributed by atoms with E-state index in [0.29, 0.717) is 13.1 Å². The highest BCUT2D eigenvalue weighted by molar-refractivity contribution is 9.10. The van der Waals surface area contributed by atoms with Crippen LogP contribution in [-0.2, 0) is 14.3 Å². The Balaban J connectivity index is 1.64. The average molecular weight is 395 g/mol. The quantitative estimate of drug-likeness (QED) is 0.788. The standard InChI is InChI=1S/C18H23BrN2O3/c1-12-8-14(5-6-16(12)19)21-10-13(9-17(21)22)18(23)20(2)11-15-4-3-7-24-15/h5-6,8,13,15H,3-4,7,9-11H2,1-2H3. The van der Waals surface area contributed by atoms with Crippen molar-refractivity contribution in [3.8, 4) is 0 Å². The maximum absolute atomic E-state index is 12.7. The highest BCUT2D eigenvalue weighted by Crippen LogP contribution is 2.29. The molecular formula is C18H23BrN2O3. The molecule has 2 aliphatic heterocycles. The van der Waals surface area contributed by atoms with Crippen molar-refractivity contribution < 1.29 is 14.3 Å². The number of hydrogen-bond acceptors (Lipinski definition) is 3. The van der Waals surface area contributed by atoms with E-state index in [0.717, 1.165) is 35.2 Å². The van der Waals surface area contributed by atoms with Gasteiger partial charge in [-0.15, -0.1) is 0 Å². The van der Waals surface area contributed by atoms with Gasteiger partial charge in [-0.2, -0.15) is 0 Å². The summed E-state index contributed by atoms with van der Waals surface area (Å²) < 4.78 is 6.61. The Morgan fingerprint density at radius 2 is 2.25 bits per heavy atom. The molecule has 1 aromatic rings. The normalized spacial score (nSPS) is 23.8. The van der Waals surface area contributed by atoms with Crippen molar-refractivity contribution in [2.75, 3.05) is 31.6 Å². The lowest BCUT2D eigenvalue weighted by molar-refractivity contribution is -0.135. The fourth-order valence-electron chi connectivity index (χ4n) is 3.41. The molecule has 2 fully saturated rings. The topological polar surface area (TPSA) is 49.9 Å². The van der Waals surface area contributed by atoms with Gasteiger partial charge in [0.2, 0.25) is 11.8 Å². The Morgan fingerprint density at radius 1 is 1.46 bits per heavy atom. The van der Waals surface area contributed by atoms with Crippen molar-refractivity contribution in [2.45, 2.75) is 32.3 Å². The smallest absolute Gasteiger partial charge is 0.227 e. The molecule has 2 amide bonds. The minimum absolute atomic E-state index is 0.0144. The van der Waals surface area contributed by atoms with Crippen LogP contribution in [0.1, 0.15) is 24.8 Å². The number of carbonyl (C=O) groups is 2. The van der Waals surface area contributed by atoms with E-state index in [4.69, 9.17) is 4.74 Å². The van der Waals surface area contributed by atoms with Gasteiger partial charge in [0, 0.05) is 43.3 Å². The molecule has 0 N–H and O–H groups in total. The Bertz CT molecular complexity index is 643. The number of halogens is 1. The highest BCUT2D eigenvalue weighted by Gasteiger charge is 2.37. The predicted molar refractivity (Wildman–Crippen MR) is 96.0 cm³/mol. The third-order valence-electron chi connectivity index (χ3n) is 4.81. The second-order valence-corrected chi connectivity index (χ2v) is 7.55. The Kier molecular flexibility index (Phi) is 5.25. The number of ether oxygens (including phenoxy) is 1. The van der Waals surface area contributed by atoms with Gasteiger partial charge in [0.05, 0.1) is 12.0 Å². The summed E-state index contributed by atoms with van der Waals surface area (Å²) in [6.45, 7) is 3.84. The van der Waals surface area contributed by atoms with Crippen molar-refractivity contribution >= 4 is 33.4 Å². The first-order chi connectivity index (χ1) is 11.5. The van der Waals surface area contributed by atoms with E-state index in [2.05, 4.69) is 15.9 Å². The van der Waals surface area contributed by atoms with Gasteiger partial charge in [-0.3, -0.25) is 9.59 Å². The molecule has 24 heavy (non-hydrogen) atoms. The fraction of sp³-hybridized carbons (Fsp3) is 0.556. The van der Waals surface area contributed by atoms with E-state index in [1.165, 1.54) is 0 Å². The van der Waals surface area contributed by atoms with Crippen molar-refractivity contribution in [1.29, 1.82) is 0 Å². The van der Waals surface area contributed by atoms with Gasteiger partial charge in [-0.25, -0.2) is 0 Å². The van der Waals surface area contributed by atoms with E-state index in [1.54, 1.807) is 16.8 Å². The summed E-state index contributed by atoms with van der Waals surface area (Å²) in [7, 11) is 1.81. The van der Waals surface area contributed by atoms with Crippen molar-refractivity contribution in [3.05, 3.63) is 28.2 Å². The Hall–Kier alpha value is -1.40. The number of anilines is 1. The third-order valence-corrected chi connectivity index (χ3v) is 5.69. The number of carbonyl (C=O) groups excluding carboxylic acids is 2. The van der Waals surface area contributed by atoms with Crippen LogP contribution < -0.4 is 4.90 Å². The number of hydrogen-bond donors (Lipinski definition) is 0. The van der Waals surface area contributed by atoms with Gasteiger partial charge < -0.3 is 14.5 Å². The van der Waals surface area contributed by atoms with E-state index in [1.807, 2.05) is 25.1 Å². The summed E-state index contributed by atoms with van der Waals surface area (Å²) in [5.74, 6) is -0.219. The maximum Gasteiger partial charge on any atom is 0.227 e. The van der Waals surface area contributed by atoms with Crippen LogP contribution in [0, 0.1) is 12.8 Å². The SMILES string of the molecule is Cc1cc(N2CC(C(=O)N(C)CC3CCCO3)CC2=O)ccc1Br. The molecule has 0 aromatic heterocycles. The molecule has 5 nitrogen and oxygen atoms in total. The molecule has 2 aliphatic rings. The van der Waals surface area contributed by atoms with Gasteiger partial charge in [-0.1, -0.05) is 15.9 Å². The van der Waals surface area contributed by atoms with Crippen molar-refractivity contribution in [2.24, 2.45) is 5.92 Å². The van der Waals surface area contributed by atoms with Gasteiger partial charge in [-0.05, 0) is 43.5 Å². The molecular weight excluding hydrogens is 372 g/mol. The number of benzene rings is 1. The van der Waals surface area contributed by atoms with Crippen LogP contribution in [0.4, 0.5) is 5.69 Å². The summed E-state index contributed by atoms with van der Waals surface area (Å²) in [6, 6.07) is 5.83. The zero-order valence-electron chi connectivity index (χ0n) is 14.1. The molecule has 0 bridgehead atoms. The van der Waals surface area contributed by atoms with E-state index < -0.39 is 0 Å². The van der Waals surface area contributed by atoms with Crippen molar-refractivity contribution in [1.82, 2.24) is 4.90 Å². The average Bonchev–Trinajstić information content (AvgIpc) is 3.19. The molecule has 1 aromatic carbocycles. The zero-order valence-corrected chi connectivity index (χ0v) is 15.7. The van der Waals surface area contributed by atoms with Crippen LogP contribution in [0.2, 0.25) is 0 Å². The lowest BCUT2D eigenvalue weighted by Gasteiger charge is -2.24. The van der Waals surface area contributed by atoms with Gasteiger partial charge in [0.15, 0.2) is 0 Å². The molecule has 0 spiro atoms. The lowest BCUT2D eigenvalue weighted by Crippen LogP contribution is -2.39.